The van der Waals surface area contributed by atoms with Crippen molar-refractivity contribution < 1.29 is 37.0 Å². The average molecular weight is 420 g/mol. The van der Waals surface area contributed by atoms with Gasteiger partial charge in [0, 0.05) is 22.9 Å². The Bertz CT molecular complexity index is 741. The summed E-state index contributed by atoms with van der Waals surface area (Å²) < 4.78 is 60.1. The number of nitrogens with one attached hydrogen (secondary N) is 1. The minimum atomic E-state index is -4.68. The van der Waals surface area contributed by atoms with Crippen LogP contribution in [0.15, 0.2) is 22.4 Å². The zero-order chi connectivity index (χ0) is 22.1. The summed E-state index contributed by atoms with van der Waals surface area (Å²) in [7, 11) is 1.02. The number of carboxylic acid groups (broad SMARTS) is 1. The molecular formula is C20H26F4NO4-. The van der Waals surface area contributed by atoms with Gasteiger partial charge in [-0.25, -0.2) is 9.18 Å². The third-order valence-electron chi connectivity index (χ3n) is 6.25. The van der Waals surface area contributed by atoms with E-state index in [1.807, 2.05) is 0 Å². The van der Waals surface area contributed by atoms with E-state index in [-0.39, 0.29) is 24.1 Å². The largest absolute Gasteiger partial charge is 0.549 e. The van der Waals surface area contributed by atoms with Crippen LogP contribution >= 0.6 is 0 Å². The number of esters is 1. The van der Waals surface area contributed by atoms with Crippen LogP contribution in [0, 0.1) is 17.3 Å². The molecule has 0 fully saturated rings. The fourth-order valence-electron chi connectivity index (χ4n) is 4.98. The number of carboxylic acids is 1. The summed E-state index contributed by atoms with van der Waals surface area (Å²) in [4.78, 5) is 25.0. The fourth-order valence-corrected chi connectivity index (χ4v) is 4.98. The van der Waals surface area contributed by atoms with Gasteiger partial charge in [0.05, 0.1) is 24.3 Å². The van der Waals surface area contributed by atoms with Gasteiger partial charge in [-0.15, -0.1) is 0 Å². The number of allylic oxidation sites excluding steroid dienone is 3. The maximum Gasteiger partial charge on any atom is 0.412 e. The predicted molar refractivity (Wildman–Crippen MR) is 94.9 cm³/mol. The van der Waals surface area contributed by atoms with Crippen LogP contribution in [0.4, 0.5) is 17.6 Å². The summed E-state index contributed by atoms with van der Waals surface area (Å²) in [6, 6.07) is -0.972. The van der Waals surface area contributed by atoms with Crippen LogP contribution < -0.4 is 10.4 Å². The molecule has 1 heterocycles. The summed E-state index contributed by atoms with van der Waals surface area (Å²) in [6.07, 6.45) is -4.29. The zero-order valence-corrected chi connectivity index (χ0v) is 16.9. The number of aliphatic carboxylic acids is 1. The molecule has 0 radical (unpaired) electrons. The molecule has 1 aliphatic heterocycles. The van der Waals surface area contributed by atoms with Crippen LogP contribution in [-0.2, 0) is 14.3 Å². The Kier molecular flexibility index (Phi) is 6.69. The highest BCUT2D eigenvalue weighted by molar-refractivity contribution is 5.93. The second-order valence-electron chi connectivity index (χ2n) is 7.90. The van der Waals surface area contributed by atoms with Crippen molar-refractivity contribution in [2.45, 2.75) is 58.7 Å². The van der Waals surface area contributed by atoms with E-state index in [1.165, 1.54) is 6.92 Å². The van der Waals surface area contributed by atoms with Gasteiger partial charge in [0.25, 0.3) is 0 Å². The zero-order valence-electron chi connectivity index (χ0n) is 16.9. The molecule has 0 saturated heterocycles. The molecular weight excluding hydrogens is 394 g/mol. The Morgan fingerprint density at radius 3 is 2.31 bits per heavy atom. The minimum absolute atomic E-state index is 0.0337. The number of carbonyl (C=O) groups is 2. The Hall–Kier alpha value is -2.06. The van der Waals surface area contributed by atoms with Gasteiger partial charge in [0.15, 0.2) is 0 Å². The Morgan fingerprint density at radius 1 is 1.28 bits per heavy atom. The lowest BCUT2D eigenvalue weighted by Gasteiger charge is -2.54. The first-order valence-corrected chi connectivity index (χ1v) is 9.58. The van der Waals surface area contributed by atoms with Gasteiger partial charge in [-0.1, -0.05) is 19.4 Å². The van der Waals surface area contributed by atoms with E-state index in [0.717, 1.165) is 7.11 Å². The van der Waals surface area contributed by atoms with Crippen molar-refractivity contribution in [2.24, 2.45) is 17.3 Å². The standard InChI is InChI=1S/C20H27F4NO4/c1-10(2)19(18(27)28)11(3)25-14(9-21)15(17(26)29-4)16(19)12-7-5-6-8-13(12)20(22,23)24/h10-11,16,25H,5-9H2,1-4H3,(H,27,28)/p-1. The minimum Gasteiger partial charge on any atom is -0.549 e. The number of ether oxygens (including phenoxy) is 1. The number of carbonyl (C=O) groups excluding carboxylic acids is 2. The van der Waals surface area contributed by atoms with Crippen molar-refractivity contribution in [1.82, 2.24) is 5.32 Å². The lowest BCUT2D eigenvalue weighted by atomic mass is 9.55. The molecule has 0 spiro atoms. The summed E-state index contributed by atoms with van der Waals surface area (Å²) in [5.74, 6) is -4.85. The smallest absolute Gasteiger partial charge is 0.412 e. The lowest BCUT2D eigenvalue weighted by molar-refractivity contribution is -0.325. The van der Waals surface area contributed by atoms with Gasteiger partial charge in [-0.3, -0.25) is 0 Å². The molecule has 3 unspecified atom stereocenters. The molecule has 0 amide bonds. The SMILES string of the molecule is COC(=O)C1=C(CF)NC(C)C(C(=O)[O-])(C(C)C)C1C1=C(C(F)(F)F)CCCC1. The van der Waals surface area contributed by atoms with Gasteiger partial charge < -0.3 is 20.0 Å². The molecule has 0 aromatic carbocycles. The van der Waals surface area contributed by atoms with Crippen LogP contribution in [0.2, 0.25) is 0 Å². The first kappa shape index (κ1) is 23.2. The highest BCUT2D eigenvalue weighted by atomic mass is 19.4. The van der Waals surface area contributed by atoms with Crippen molar-refractivity contribution in [3.05, 3.63) is 22.4 Å². The van der Waals surface area contributed by atoms with Gasteiger partial charge >= 0.3 is 12.1 Å². The topological polar surface area (TPSA) is 78.5 Å². The Labute approximate surface area is 167 Å². The highest BCUT2D eigenvalue weighted by Gasteiger charge is 2.57. The number of hydrogen-bond acceptors (Lipinski definition) is 5. The Balaban J connectivity index is 2.97. The van der Waals surface area contributed by atoms with Gasteiger partial charge in [0.2, 0.25) is 0 Å². The molecule has 5 nitrogen and oxygen atoms in total. The van der Waals surface area contributed by atoms with Crippen LogP contribution in [0.25, 0.3) is 0 Å². The summed E-state index contributed by atoms with van der Waals surface area (Å²) >= 11 is 0. The molecule has 0 aromatic heterocycles. The van der Waals surface area contributed by atoms with E-state index in [2.05, 4.69) is 5.32 Å². The fraction of sp³-hybridized carbons (Fsp3) is 0.700. The molecule has 164 valence electrons. The maximum absolute atomic E-state index is 13.8. The number of methoxy groups -OCH3 is 1. The highest BCUT2D eigenvalue weighted by Crippen LogP contribution is 2.54. The van der Waals surface area contributed by atoms with Crippen LogP contribution in [0.1, 0.15) is 46.5 Å². The van der Waals surface area contributed by atoms with E-state index in [4.69, 9.17) is 4.74 Å². The first-order valence-electron chi connectivity index (χ1n) is 9.58. The van der Waals surface area contributed by atoms with Crippen molar-refractivity contribution in [3.63, 3.8) is 0 Å². The average Bonchev–Trinajstić information content (AvgIpc) is 2.65. The van der Waals surface area contributed by atoms with Gasteiger partial charge in [0.1, 0.15) is 6.67 Å². The molecule has 29 heavy (non-hydrogen) atoms. The molecule has 0 bridgehead atoms. The molecule has 1 N–H and O–H groups in total. The molecule has 2 aliphatic rings. The molecule has 2 rings (SSSR count). The molecule has 9 heteroatoms. The van der Waals surface area contributed by atoms with E-state index in [1.54, 1.807) is 13.8 Å². The summed E-state index contributed by atoms with van der Waals surface area (Å²) in [5.41, 5.74) is -3.56. The van der Waals surface area contributed by atoms with Gasteiger partial charge in [-0.2, -0.15) is 13.2 Å². The summed E-state index contributed by atoms with van der Waals surface area (Å²) in [5, 5.41) is 15.2. The lowest BCUT2D eigenvalue weighted by Crippen LogP contribution is -2.64. The molecule has 1 aliphatic carbocycles. The monoisotopic (exact) mass is 420 g/mol. The van der Waals surface area contributed by atoms with Crippen LogP contribution in [0.5, 0.6) is 0 Å². The van der Waals surface area contributed by atoms with Crippen molar-refractivity contribution in [2.75, 3.05) is 13.8 Å². The number of halogens is 4. The summed E-state index contributed by atoms with van der Waals surface area (Å²) in [6.45, 7) is 3.39. The first-order chi connectivity index (χ1) is 13.4. The Morgan fingerprint density at radius 2 is 1.86 bits per heavy atom. The van der Waals surface area contributed by atoms with Crippen molar-refractivity contribution in [3.8, 4) is 0 Å². The van der Waals surface area contributed by atoms with Crippen LogP contribution in [0.3, 0.4) is 0 Å². The quantitative estimate of drug-likeness (QED) is 0.420. The third-order valence-corrected chi connectivity index (χ3v) is 6.25. The van der Waals surface area contributed by atoms with E-state index >= 15 is 0 Å². The van der Waals surface area contributed by atoms with E-state index in [9.17, 15) is 32.3 Å². The normalized spacial score (nSPS) is 28.4. The second kappa shape index (κ2) is 8.36. The maximum atomic E-state index is 13.8. The van der Waals surface area contributed by atoms with Crippen molar-refractivity contribution >= 4 is 11.9 Å². The number of hydrogen-bond donors (Lipinski definition) is 1. The van der Waals surface area contributed by atoms with Gasteiger partial charge in [-0.05, 0) is 38.5 Å². The molecule has 0 aromatic rings. The van der Waals surface area contributed by atoms with Crippen LogP contribution in [-0.4, -0.2) is 37.9 Å². The predicted octanol–water partition coefficient (Wildman–Crippen LogP) is 2.82. The number of rotatable bonds is 5. The van der Waals surface area contributed by atoms with Crippen molar-refractivity contribution in [1.29, 1.82) is 0 Å². The third kappa shape index (κ3) is 3.75. The molecule has 3 atom stereocenters. The second-order valence-corrected chi connectivity index (χ2v) is 7.90. The van der Waals surface area contributed by atoms with E-state index in [0.29, 0.717) is 12.8 Å². The molecule has 0 saturated carbocycles. The van der Waals surface area contributed by atoms with E-state index < -0.39 is 59.2 Å². The number of alkyl halides is 4.